The second-order valence-electron chi connectivity index (χ2n) is 7.10. The molecule has 0 saturated heterocycles. The summed E-state index contributed by atoms with van der Waals surface area (Å²) in [6.45, 7) is 11.0. The summed E-state index contributed by atoms with van der Waals surface area (Å²) in [5.74, 6) is 1.58. The Hall–Kier alpha value is -1.57. The molecule has 2 heteroatoms. The summed E-state index contributed by atoms with van der Waals surface area (Å²) in [6, 6.07) is 6.90. The molecule has 0 N–H and O–H groups in total. The average Bonchev–Trinajstić information content (AvgIpc) is 2.96. The summed E-state index contributed by atoms with van der Waals surface area (Å²) in [6.07, 6.45) is 4.34. The van der Waals surface area contributed by atoms with Crippen LogP contribution in [0.1, 0.15) is 52.2 Å². The van der Waals surface area contributed by atoms with Crippen LogP contribution in [-0.2, 0) is 6.42 Å². The molecule has 0 fully saturated rings. The first kappa shape index (κ1) is 14.4. The normalized spacial score (nSPS) is 22.9. The van der Waals surface area contributed by atoms with Crippen molar-refractivity contribution >= 4 is 5.71 Å². The van der Waals surface area contributed by atoms with Crippen molar-refractivity contribution in [3.05, 3.63) is 41.0 Å². The number of fused-ring (bicyclic) bond motifs is 1. The number of aliphatic imine (C=N–C) groups is 1. The van der Waals surface area contributed by atoms with Gasteiger partial charge in [0.05, 0.1) is 11.8 Å². The lowest BCUT2D eigenvalue weighted by molar-refractivity contribution is 0.138. The molecule has 1 aromatic rings. The Labute approximate surface area is 127 Å². The number of hydrogen-bond donors (Lipinski definition) is 0. The Morgan fingerprint density at radius 1 is 1.33 bits per heavy atom. The van der Waals surface area contributed by atoms with Crippen molar-refractivity contribution in [2.24, 2.45) is 10.9 Å². The maximum absolute atomic E-state index is 6.05. The molecule has 0 amide bonds. The number of hydrogen-bond acceptors (Lipinski definition) is 2. The highest BCUT2D eigenvalue weighted by molar-refractivity contribution is 6.11. The predicted octanol–water partition coefficient (Wildman–Crippen LogP) is 4.56. The van der Waals surface area contributed by atoms with Crippen molar-refractivity contribution in [1.82, 2.24) is 0 Å². The van der Waals surface area contributed by atoms with Crippen LogP contribution in [0, 0.1) is 5.92 Å². The molecule has 1 aromatic carbocycles. The van der Waals surface area contributed by atoms with E-state index in [0.717, 1.165) is 24.3 Å². The van der Waals surface area contributed by atoms with Gasteiger partial charge in [0.15, 0.2) is 0 Å². The van der Waals surface area contributed by atoms with E-state index in [2.05, 4.69) is 58.9 Å². The van der Waals surface area contributed by atoms with Gasteiger partial charge >= 0.3 is 0 Å². The van der Waals surface area contributed by atoms with E-state index in [0.29, 0.717) is 12.0 Å². The first-order valence-electron chi connectivity index (χ1n) is 8.01. The third-order valence-corrected chi connectivity index (χ3v) is 4.40. The summed E-state index contributed by atoms with van der Waals surface area (Å²) < 4.78 is 6.05. The summed E-state index contributed by atoms with van der Waals surface area (Å²) >= 11 is 0. The SMILES string of the molecule is CCC1N=C(c2ccc3c(c2)OC(C)(C)C3)C=C1C(C)C. The summed E-state index contributed by atoms with van der Waals surface area (Å²) in [7, 11) is 0. The number of benzene rings is 1. The minimum absolute atomic E-state index is 0.0800. The van der Waals surface area contributed by atoms with Crippen LogP contribution in [0.4, 0.5) is 0 Å². The van der Waals surface area contributed by atoms with E-state index < -0.39 is 0 Å². The molecule has 0 radical (unpaired) electrons. The molecule has 0 spiro atoms. The van der Waals surface area contributed by atoms with E-state index in [1.54, 1.807) is 0 Å². The Kier molecular flexibility index (Phi) is 3.43. The van der Waals surface area contributed by atoms with E-state index >= 15 is 0 Å². The van der Waals surface area contributed by atoms with E-state index in [4.69, 9.17) is 9.73 Å². The molecule has 3 rings (SSSR count). The largest absolute Gasteiger partial charge is 0.487 e. The minimum atomic E-state index is -0.0800. The van der Waals surface area contributed by atoms with Gasteiger partial charge < -0.3 is 4.74 Å². The number of rotatable bonds is 3. The molecule has 0 aliphatic carbocycles. The molecule has 0 aromatic heterocycles. The van der Waals surface area contributed by atoms with Crippen LogP contribution in [-0.4, -0.2) is 17.4 Å². The fourth-order valence-electron chi connectivity index (χ4n) is 3.32. The lowest BCUT2D eigenvalue weighted by atomic mass is 9.95. The monoisotopic (exact) mass is 283 g/mol. The lowest BCUT2D eigenvalue weighted by Crippen LogP contribution is -2.24. The summed E-state index contributed by atoms with van der Waals surface area (Å²) in [5, 5.41) is 0. The van der Waals surface area contributed by atoms with Crippen LogP contribution < -0.4 is 4.74 Å². The Morgan fingerprint density at radius 2 is 2.10 bits per heavy atom. The number of nitrogens with zero attached hydrogens (tertiary/aromatic N) is 1. The van der Waals surface area contributed by atoms with Crippen LogP contribution in [0.3, 0.4) is 0 Å². The van der Waals surface area contributed by atoms with E-state index in [1.165, 1.54) is 16.7 Å². The summed E-state index contributed by atoms with van der Waals surface area (Å²) in [4.78, 5) is 4.91. The number of ether oxygens (including phenoxy) is 1. The van der Waals surface area contributed by atoms with Gasteiger partial charge in [0, 0.05) is 12.0 Å². The molecule has 112 valence electrons. The van der Waals surface area contributed by atoms with Gasteiger partial charge in [-0.1, -0.05) is 32.9 Å². The molecule has 1 atom stereocenters. The highest BCUT2D eigenvalue weighted by Gasteiger charge is 2.30. The van der Waals surface area contributed by atoms with Gasteiger partial charge in [-0.05, 0) is 49.5 Å². The van der Waals surface area contributed by atoms with E-state index in [-0.39, 0.29) is 5.60 Å². The lowest BCUT2D eigenvalue weighted by Gasteiger charge is -2.16. The molecule has 0 bridgehead atoms. The zero-order valence-electron chi connectivity index (χ0n) is 13.7. The summed E-state index contributed by atoms with van der Waals surface area (Å²) in [5.41, 5.74) is 4.97. The van der Waals surface area contributed by atoms with Gasteiger partial charge in [-0.25, -0.2) is 0 Å². The van der Waals surface area contributed by atoms with Crippen molar-refractivity contribution in [2.75, 3.05) is 0 Å². The molecule has 2 heterocycles. The predicted molar refractivity (Wildman–Crippen MR) is 88.4 cm³/mol. The molecule has 2 aliphatic rings. The average molecular weight is 283 g/mol. The van der Waals surface area contributed by atoms with Gasteiger partial charge in [-0.3, -0.25) is 4.99 Å². The first-order chi connectivity index (χ1) is 9.89. The maximum Gasteiger partial charge on any atom is 0.124 e. The zero-order chi connectivity index (χ0) is 15.2. The van der Waals surface area contributed by atoms with Crippen molar-refractivity contribution in [2.45, 2.75) is 59.1 Å². The topological polar surface area (TPSA) is 21.6 Å². The van der Waals surface area contributed by atoms with Crippen LogP contribution in [0.5, 0.6) is 5.75 Å². The molecule has 21 heavy (non-hydrogen) atoms. The molecule has 1 unspecified atom stereocenters. The van der Waals surface area contributed by atoms with Crippen LogP contribution in [0.25, 0.3) is 0 Å². The van der Waals surface area contributed by atoms with E-state index in [9.17, 15) is 0 Å². The van der Waals surface area contributed by atoms with Crippen molar-refractivity contribution in [3.63, 3.8) is 0 Å². The van der Waals surface area contributed by atoms with Crippen molar-refractivity contribution in [1.29, 1.82) is 0 Å². The standard InChI is InChI=1S/C19H25NO/c1-6-16-15(12(2)3)10-17(20-16)13-7-8-14-11-19(4,5)21-18(14)9-13/h7-10,12,16H,6,11H2,1-5H3. The van der Waals surface area contributed by atoms with Gasteiger partial charge in [0.2, 0.25) is 0 Å². The minimum Gasteiger partial charge on any atom is -0.487 e. The molecule has 2 nitrogen and oxygen atoms in total. The van der Waals surface area contributed by atoms with Gasteiger partial charge in [-0.2, -0.15) is 0 Å². The number of allylic oxidation sites excluding steroid dienone is 1. The maximum atomic E-state index is 6.05. The fraction of sp³-hybridized carbons (Fsp3) is 0.526. The molecule has 0 saturated carbocycles. The Morgan fingerprint density at radius 3 is 2.71 bits per heavy atom. The molecular weight excluding hydrogens is 258 g/mol. The Bertz CT molecular complexity index is 622. The Balaban J connectivity index is 1.93. The van der Waals surface area contributed by atoms with Crippen molar-refractivity contribution in [3.8, 4) is 5.75 Å². The zero-order valence-corrected chi connectivity index (χ0v) is 13.7. The fourth-order valence-corrected chi connectivity index (χ4v) is 3.32. The van der Waals surface area contributed by atoms with Crippen LogP contribution in [0.15, 0.2) is 34.8 Å². The van der Waals surface area contributed by atoms with Crippen LogP contribution >= 0.6 is 0 Å². The first-order valence-corrected chi connectivity index (χ1v) is 8.01. The van der Waals surface area contributed by atoms with E-state index in [1.807, 2.05) is 0 Å². The third-order valence-electron chi connectivity index (χ3n) is 4.40. The molecular formula is C19H25NO. The quantitative estimate of drug-likeness (QED) is 0.796. The second kappa shape index (κ2) is 5.01. The van der Waals surface area contributed by atoms with Crippen LogP contribution in [0.2, 0.25) is 0 Å². The van der Waals surface area contributed by atoms with Gasteiger partial charge in [0.25, 0.3) is 0 Å². The smallest absolute Gasteiger partial charge is 0.124 e. The highest BCUT2D eigenvalue weighted by Crippen LogP contribution is 2.36. The molecule has 2 aliphatic heterocycles. The van der Waals surface area contributed by atoms with Gasteiger partial charge in [0.1, 0.15) is 11.4 Å². The highest BCUT2D eigenvalue weighted by atomic mass is 16.5. The van der Waals surface area contributed by atoms with Gasteiger partial charge in [-0.15, -0.1) is 0 Å². The third kappa shape index (κ3) is 2.64. The van der Waals surface area contributed by atoms with Crippen molar-refractivity contribution < 1.29 is 4.74 Å². The second-order valence-corrected chi connectivity index (χ2v) is 7.10.